The van der Waals surface area contributed by atoms with Crippen LogP contribution >= 0.6 is 11.8 Å². The molecule has 0 bridgehead atoms. The predicted molar refractivity (Wildman–Crippen MR) is 93.9 cm³/mol. The molecule has 1 heterocycles. The van der Waals surface area contributed by atoms with Crippen molar-refractivity contribution in [2.45, 2.75) is 51.8 Å². The summed E-state index contributed by atoms with van der Waals surface area (Å²) in [4.78, 5) is 25.2. The third-order valence-electron chi connectivity index (χ3n) is 4.41. The van der Waals surface area contributed by atoms with Crippen LogP contribution in [0.15, 0.2) is 12.2 Å². The van der Waals surface area contributed by atoms with E-state index in [-0.39, 0.29) is 17.9 Å². The summed E-state index contributed by atoms with van der Waals surface area (Å²) in [5.74, 6) is 1.93. The van der Waals surface area contributed by atoms with E-state index in [1.165, 1.54) is 4.90 Å². The van der Waals surface area contributed by atoms with Crippen LogP contribution < -0.4 is 5.32 Å². The summed E-state index contributed by atoms with van der Waals surface area (Å²) < 4.78 is 0. The topological polar surface area (TPSA) is 49.4 Å². The van der Waals surface area contributed by atoms with Crippen molar-refractivity contribution in [3.8, 4) is 0 Å². The van der Waals surface area contributed by atoms with E-state index in [4.69, 9.17) is 0 Å². The zero-order chi connectivity index (χ0) is 16.7. The number of nitrogens with zero attached hydrogens (tertiary/aromatic N) is 1. The average molecular weight is 327 g/mol. The van der Waals surface area contributed by atoms with E-state index in [0.29, 0.717) is 30.1 Å². The van der Waals surface area contributed by atoms with Crippen LogP contribution in [-0.4, -0.2) is 47.4 Å². The third-order valence-corrected chi connectivity index (χ3v) is 5.59. The lowest BCUT2D eigenvalue weighted by atomic mass is 9.91. The molecule has 4 atom stereocenters. The monoisotopic (exact) mass is 326 g/mol. The first-order valence-electron chi connectivity index (χ1n) is 8.16. The molecule has 0 aromatic carbocycles. The fourth-order valence-electron chi connectivity index (χ4n) is 2.79. The largest absolute Gasteiger partial charge is 0.308 e. The molecule has 0 radical (unpaired) electrons. The molecule has 0 aromatic rings. The van der Waals surface area contributed by atoms with Gasteiger partial charge in [0, 0.05) is 17.5 Å². The van der Waals surface area contributed by atoms with Crippen LogP contribution in [0.25, 0.3) is 0 Å². The summed E-state index contributed by atoms with van der Waals surface area (Å²) in [5, 5.41) is 3.44. The van der Waals surface area contributed by atoms with Gasteiger partial charge in [-0.3, -0.25) is 14.5 Å². The normalized spacial score (nSPS) is 23.3. The predicted octanol–water partition coefficient (Wildman–Crippen LogP) is 2.69. The van der Waals surface area contributed by atoms with Crippen LogP contribution in [0.4, 0.5) is 0 Å². The Bertz CT molecular complexity index is 411. The Hall–Kier alpha value is -0.810. The van der Waals surface area contributed by atoms with Crippen molar-refractivity contribution in [2.24, 2.45) is 11.8 Å². The van der Waals surface area contributed by atoms with Crippen molar-refractivity contribution in [3.63, 3.8) is 0 Å². The lowest BCUT2D eigenvalue weighted by molar-refractivity contribution is -0.138. The number of rotatable bonds is 9. The second-order valence-electron chi connectivity index (χ2n) is 6.21. The molecule has 4 nitrogen and oxygen atoms in total. The van der Waals surface area contributed by atoms with Crippen LogP contribution in [0.1, 0.15) is 40.5 Å². The molecule has 1 aliphatic rings. The second-order valence-corrected chi connectivity index (χ2v) is 7.75. The van der Waals surface area contributed by atoms with Crippen molar-refractivity contribution in [1.29, 1.82) is 0 Å². The van der Waals surface area contributed by atoms with Gasteiger partial charge in [-0.25, -0.2) is 0 Å². The fraction of sp³-hybridized carbons (Fsp3) is 0.765. The molecular weight excluding hydrogens is 296 g/mol. The Kier molecular flexibility index (Phi) is 8.18. The summed E-state index contributed by atoms with van der Waals surface area (Å²) in [6.07, 6.45) is 5.81. The zero-order valence-electron chi connectivity index (χ0n) is 14.5. The zero-order valence-corrected chi connectivity index (χ0v) is 15.3. The molecule has 22 heavy (non-hydrogen) atoms. The number of thioether (sulfide) groups is 1. The van der Waals surface area contributed by atoms with Crippen LogP contribution in [0.5, 0.6) is 0 Å². The van der Waals surface area contributed by atoms with E-state index in [2.05, 4.69) is 45.2 Å². The van der Waals surface area contributed by atoms with Crippen molar-refractivity contribution in [3.05, 3.63) is 12.2 Å². The van der Waals surface area contributed by atoms with E-state index < -0.39 is 0 Å². The Labute approximate surface area is 139 Å². The quantitative estimate of drug-likeness (QED) is 0.523. The first-order valence-corrected chi connectivity index (χ1v) is 9.21. The molecule has 0 aromatic heterocycles. The van der Waals surface area contributed by atoms with Crippen LogP contribution in [0.3, 0.4) is 0 Å². The highest BCUT2D eigenvalue weighted by molar-refractivity contribution is 7.99. The molecular formula is C17H30N2O2S. The summed E-state index contributed by atoms with van der Waals surface area (Å²) in [6, 6.07) is -0.323. The Balaban J connectivity index is 2.32. The van der Waals surface area contributed by atoms with E-state index in [1.54, 1.807) is 7.05 Å². The molecule has 4 unspecified atom stereocenters. The molecule has 1 aliphatic heterocycles. The number of carbonyl (C=O) groups excluding carboxylic acids is 2. The highest BCUT2D eigenvalue weighted by Crippen LogP contribution is 2.25. The van der Waals surface area contributed by atoms with Gasteiger partial charge in [0.2, 0.25) is 11.8 Å². The van der Waals surface area contributed by atoms with E-state index >= 15 is 0 Å². The Morgan fingerprint density at radius 3 is 2.59 bits per heavy atom. The third kappa shape index (κ3) is 5.43. The Morgan fingerprint density at radius 1 is 1.36 bits per heavy atom. The second kappa shape index (κ2) is 9.36. The maximum atomic E-state index is 12.0. The number of likely N-dealkylation sites (tertiary alicyclic amines) is 1. The van der Waals surface area contributed by atoms with Crippen LogP contribution in [-0.2, 0) is 9.59 Å². The smallest absolute Gasteiger partial charge is 0.246 e. The lowest BCUT2D eigenvalue weighted by Crippen LogP contribution is -2.38. The average Bonchev–Trinajstić information content (AvgIpc) is 2.74. The van der Waals surface area contributed by atoms with Crippen molar-refractivity contribution in [1.82, 2.24) is 10.2 Å². The number of carbonyl (C=O) groups is 2. The summed E-state index contributed by atoms with van der Waals surface area (Å²) in [7, 11) is 1.73. The highest BCUT2D eigenvalue weighted by atomic mass is 32.2. The maximum absolute atomic E-state index is 12.0. The molecule has 1 rings (SSSR count). The van der Waals surface area contributed by atoms with Crippen LogP contribution in [0.2, 0.25) is 0 Å². The lowest BCUT2D eigenvalue weighted by Gasteiger charge is -2.21. The van der Waals surface area contributed by atoms with Gasteiger partial charge in [0.15, 0.2) is 0 Å². The standard InChI is InChI=1S/C17H30N2O2S/c1-6-7-12(2)13(3)10-14(4)22-9-8-19-16(20)11-15(18-5)17(19)21/h6-7,12-15,18H,8-11H2,1-5H3/b7-6-. The fourth-order valence-corrected chi connectivity index (χ4v) is 3.92. The summed E-state index contributed by atoms with van der Waals surface area (Å²) in [6.45, 7) is 9.36. The summed E-state index contributed by atoms with van der Waals surface area (Å²) >= 11 is 1.85. The molecule has 126 valence electrons. The van der Waals surface area contributed by atoms with E-state index in [1.807, 2.05) is 11.8 Å². The van der Waals surface area contributed by atoms with Gasteiger partial charge in [0.1, 0.15) is 0 Å². The minimum absolute atomic E-state index is 0.0484. The minimum Gasteiger partial charge on any atom is -0.308 e. The van der Waals surface area contributed by atoms with Crippen LogP contribution in [0, 0.1) is 11.8 Å². The molecule has 0 aliphatic carbocycles. The van der Waals surface area contributed by atoms with E-state index in [0.717, 1.165) is 12.2 Å². The number of amides is 2. The van der Waals surface area contributed by atoms with Crippen molar-refractivity contribution in [2.75, 3.05) is 19.3 Å². The number of imide groups is 1. The first kappa shape index (κ1) is 19.2. The molecule has 0 saturated carbocycles. The van der Waals surface area contributed by atoms with Gasteiger partial charge < -0.3 is 5.32 Å². The number of hydrogen-bond donors (Lipinski definition) is 1. The van der Waals surface area contributed by atoms with E-state index in [9.17, 15) is 9.59 Å². The minimum atomic E-state index is -0.323. The highest BCUT2D eigenvalue weighted by Gasteiger charge is 2.37. The summed E-state index contributed by atoms with van der Waals surface area (Å²) in [5.41, 5.74) is 0. The van der Waals surface area contributed by atoms with Gasteiger partial charge in [-0.15, -0.1) is 0 Å². The maximum Gasteiger partial charge on any atom is 0.246 e. The first-order chi connectivity index (χ1) is 10.4. The van der Waals surface area contributed by atoms with Gasteiger partial charge in [0.05, 0.1) is 12.5 Å². The number of allylic oxidation sites excluding steroid dienone is 2. The van der Waals surface area contributed by atoms with Gasteiger partial charge in [-0.2, -0.15) is 11.8 Å². The number of nitrogens with one attached hydrogen (secondary N) is 1. The number of likely N-dealkylation sites (N-methyl/N-ethyl adjacent to an activating group) is 1. The molecule has 5 heteroatoms. The SMILES string of the molecule is C/C=C\C(C)C(C)CC(C)SCCN1C(=O)CC(NC)C1=O. The number of hydrogen-bond acceptors (Lipinski definition) is 4. The molecule has 0 spiro atoms. The van der Waals surface area contributed by atoms with Gasteiger partial charge >= 0.3 is 0 Å². The van der Waals surface area contributed by atoms with Gasteiger partial charge in [-0.1, -0.05) is 32.9 Å². The molecule has 1 saturated heterocycles. The van der Waals surface area contributed by atoms with Crippen molar-refractivity contribution >= 4 is 23.6 Å². The van der Waals surface area contributed by atoms with Crippen molar-refractivity contribution < 1.29 is 9.59 Å². The Morgan fingerprint density at radius 2 is 2.05 bits per heavy atom. The molecule has 2 amide bonds. The molecule has 1 fully saturated rings. The molecule has 1 N–H and O–H groups in total. The van der Waals surface area contributed by atoms with Gasteiger partial charge in [0.25, 0.3) is 0 Å². The van der Waals surface area contributed by atoms with Gasteiger partial charge in [-0.05, 0) is 32.2 Å².